The summed E-state index contributed by atoms with van der Waals surface area (Å²) >= 11 is 0. The summed E-state index contributed by atoms with van der Waals surface area (Å²) in [5.74, 6) is 0.812. The number of fused-ring (bicyclic) bond motifs is 1. The minimum absolute atomic E-state index is 0.0883. The number of hydrogen-bond donors (Lipinski definition) is 1. The van der Waals surface area contributed by atoms with E-state index in [1.165, 1.54) is 0 Å². The Labute approximate surface area is 200 Å². The molecular weight excluding hydrogens is 422 g/mol. The Bertz CT molecular complexity index is 1250. The second-order valence-corrected chi connectivity index (χ2v) is 8.72. The third-order valence-corrected chi connectivity index (χ3v) is 6.23. The van der Waals surface area contributed by atoms with E-state index < -0.39 is 0 Å². The number of amides is 2. The lowest BCUT2D eigenvalue weighted by molar-refractivity contribution is 0.199. The van der Waals surface area contributed by atoms with Gasteiger partial charge < -0.3 is 19.5 Å². The van der Waals surface area contributed by atoms with Gasteiger partial charge in [-0.05, 0) is 66.4 Å². The molecule has 5 nitrogen and oxygen atoms in total. The van der Waals surface area contributed by atoms with E-state index >= 15 is 0 Å². The Morgan fingerprint density at radius 2 is 1.76 bits per heavy atom. The molecule has 0 bridgehead atoms. The Hall–Kier alpha value is -3.99. The molecule has 0 spiro atoms. The Morgan fingerprint density at radius 1 is 0.941 bits per heavy atom. The molecule has 4 aromatic rings. The number of aryl methyl sites for hydroxylation is 2. The number of nitrogens with zero attached hydrogens (tertiary/aromatic N) is 2. The molecule has 5 heteroatoms. The van der Waals surface area contributed by atoms with Gasteiger partial charge in [0.2, 0.25) is 0 Å². The lowest BCUT2D eigenvalue weighted by atomic mass is 10.0. The minimum Gasteiger partial charge on any atom is -0.489 e. The monoisotopic (exact) mass is 451 g/mol. The highest BCUT2D eigenvalue weighted by molar-refractivity contribution is 5.90. The largest absolute Gasteiger partial charge is 0.489 e. The first-order valence-corrected chi connectivity index (χ1v) is 11.7. The van der Waals surface area contributed by atoms with Crippen molar-refractivity contribution in [1.82, 2.24) is 9.47 Å². The maximum atomic E-state index is 13.5. The molecule has 0 fully saturated rings. The van der Waals surface area contributed by atoms with Crippen LogP contribution in [0.5, 0.6) is 5.75 Å². The van der Waals surface area contributed by atoms with Crippen LogP contribution in [0.1, 0.15) is 34.8 Å². The zero-order valence-corrected chi connectivity index (χ0v) is 19.4. The van der Waals surface area contributed by atoms with Crippen LogP contribution < -0.4 is 10.1 Å². The number of nitrogens with one attached hydrogen (secondary N) is 1. The van der Waals surface area contributed by atoms with Gasteiger partial charge in [0, 0.05) is 30.7 Å². The van der Waals surface area contributed by atoms with Gasteiger partial charge >= 0.3 is 6.03 Å². The van der Waals surface area contributed by atoms with Crippen molar-refractivity contribution >= 4 is 11.7 Å². The highest BCUT2D eigenvalue weighted by Crippen LogP contribution is 2.33. The van der Waals surface area contributed by atoms with Crippen molar-refractivity contribution in [2.75, 3.05) is 11.9 Å². The lowest BCUT2D eigenvalue weighted by Gasteiger charge is -2.31. The number of rotatable bonds is 5. The summed E-state index contributed by atoms with van der Waals surface area (Å²) in [4.78, 5) is 15.4. The third-order valence-electron chi connectivity index (χ3n) is 6.23. The highest BCUT2D eigenvalue weighted by atomic mass is 16.5. The lowest BCUT2D eigenvalue weighted by Crippen LogP contribution is -2.38. The van der Waals surface area contributed by atoms with Crippen LogP contribution in [0.25, 0.3) is 0 Å². The molecule has 0 saturated carbocycles. The fourth-order valence-corrected chi connectivity index (χ4v) is 4.55. The van der Waals surface area contributed by atoms with E-state index in [1.807, 2.05) is 66.4 Å². The van der Waals surface area contributed by atoms with Crippen molar-refractivity contribution in [3.05, 3.63) is 120 Å². The predicted molar refractivity (Wildman–Crippen MR) is 135 cm³/mol. The predicted octanol–water partition coefficient (Wildman–Crippen LogP) is 6.40. The molecule has 1 unspecified atom stereocenters. The fraction of sp³-hybridized carbons (Fsp3) is 0.207. The van der Waals surface area contributed by atoms with Gasteiger partial charge in [0.05, 0.1) is 6.04 Å². The molecule has 1 N–H and O–H groups in total. The van der Waals surface area contributed by atoms with Gasteiger partial charge in [-0.1, -0.05) is 54.6 Å². The van der Waals surface area contributed by atoms with Crippen LogP contribution >= 0.6 is 0 Å². The smallest absolute Gasteiger partial charge is 0.322 e. The van der Waals surface area contributed by atoms with E-state index in [1.54, 1.807) is 0 Å². The van der Waals surface area contributed by atoms with Crippen molar-refractivity contribution in [2.24, 2.45) is 0 Å². The SMILES string of the molecule is Cc1cccc(NC(=O)N2CCCn3cccc3C2c2ccc(OCc3ccccc3)cc2)c1. The van der Waals surface area contributed by atoms with Gasteiger partial charge in [-0.25, -0.2) is 4.79 Å². The number of carbonyl (C=O) groups excluding carboxylic acids is 1. The second-order valence-electron chi connectivity index (χ2n) is 8.72. The first-order chi connectivity index (χ1) is 16.7. The maximum Gasteiger partial charge on any atom is 0.322 e. The Morgan fingerprint density at radius 3 is 2.56 bits per heavy atom. The van der Waals surface area contributed by atoms with Gasteiger partial charge in [0.1, 0.15) is 12.4 Å². The molecule has 0 radical (unpaired) electrons. The van der Waals surface area contributed by atoms with Crippen LogP contribution in [-0.4, -0.2) is 22.0 Å². The average molecular weight is 452 g/mol. The summed E-state index contributed by atoms with van der Waals surface area (Å²) in [6.45, 7) is 4.12. The van der Waals surface area contributed by atoms with E-state index in [-0.39, 0.29) is 12.1 Å². The summed E-state index contributed by atoms with van der Waals surface area (Å²) in [7, 11) is 0. The molecule has 1 aromatic heterocycles. The Balaban J connectivity index is 1.39. The van der Waals surface area contributed by atoms with Crippen LogP contribution in [-0.2, 0) is 13.2 Å². The number of hydrogen-bond acceptors (Lipinski definition) is 2. The molecule has 34 heavy (non-hydrogen) atoms. The van der Waals surface area contributed by atoms with Crippen LogP contribution in [0, 0.1) is 6.92 Å². The van der Waals surface area contributed by atoms with Crippen molar-refractivity contribution in [2.45, 2.75) is 32.5 Å². The summed E-state index contributed by atoms with van der Waals surface area (Å²) < 4.78 is 8.23. The number of carbonyl (C=O) groups is 1. The summed E-state index contributed by atoms with van der Waals surface area (Å²) in [6, 6.07) is 30.1. The molecular formula is C29H29N3O2. The molecule has 0 saturated heterocycles. The number of benzene rings is 3. The van der Waals surface area contributed by atoms with Gasteiger partial charge in [-0.15, -0.1) is 0 Å². The first-order valence-electron chi connectivity index (χ1n) is 11.7. The molecule has 1 aliphatic heterocycles. The van der Waals surface area contributed by atoms with Gasteiger partial charge in [0.25, 0.3) is 0 Å². The number of ether oxygens (including phenoxy) is 1. The highest BCUT2D eigenvalue weighted by Gasteiger charge is 2.31. The molecule has 2 amide bonds. The zero-order valence-electron chi connectivity index (χ0n) is 19.4. The van der Waals surface area contributed by atoms with E-state index in [0.29, 0.717) is 13.2 Å². The van der Waals surface area contributed by atoms with Crippen LogP contribution in [0.3, 0.4) is 0 Å². The number of aromatic nitrogens is 1. The molecule has 2 heterocycles. The van der Waals surface area contributed by atoms with Gasteiger partial charge in [0.15, 0.2) is 0 Å². The zero-order chi connectivity index (χ0) is 23.3. The van der Waals surface area contributed by atoms with E-state index in [0.717, 1.165) is 46.8 Å². The van der Waals surface area contributed by atoms with Gasteiger partial charge in [-0.2, -0.15) is 0 Å². The van der Waals surface area contributed by atoms with Crippen LogP contribution in [0.2, 0.25) is 0 Å². The Kier molecular flexibility index (Phi) is 6.34. The summed E-state index contributed by atoms with van der Waals surface area (Å²) in [6.07, 6.45) is 3.00. The average Bonchev–Trinajstić information content (AvgIpc) is 3.23. The molecule has 1 atom stereocenters. The number of anilines is 1. The van der Waals surface area contributed by atoms with E-state index in [2.05, 4.69) is 52.5 Å². The molecule has 172 valence electrons. The van der Waals surface area contributed by atoms with Gasteiger partial charge in [-0.3, -0.25) is 0 Å². The maximum absolute atomic E-state index is 13.5. The fourth-order valence-electron chi connectivity index (χ4n) is 4.55. The van der Waals surface area contributed by atoms with Crippen LogP contribution in [0.15, 0.2) is 97.2 Å². The quantitative estimate of drug-likeness (QED) is 0.381. The van der Waals surface area contributed by atoms with Crippen LogP contribution in [0.4, 0.5) is 10.5 Å². The molecule has 1 aliphatic rings. The van der Waals surface area contributed by atoms with Crippen molar-refractivity contribution < 1.29 is 9.53 Å². The van der Waals surface area contributed by atoms with E-state index in [4.69, 9.17) is 4.74 Å². The normalized spacial score (nSPS) is 15.3. The molecule has 5 rings (SSSR count). The summed E-state index contributed by atoms with van der Waals surface area (Å²) in [5, 5.41) is 3.11. The van der Waals surface area contributed by atoms with E-state index in [9.17, 15) is 4.79 Å². The second kappa shape index (κ2) is 9.87. The molecule has 0 aliphatic carbocycles. The van der Waals surface area contributed by atoms with Crippen molar-refractivity contribution in [3.8, 4) is 5.75 Å². The topological polar surface area (TPSA) is 46.5 Å². The third kappa shape index (κ3) is 4.84. The molecule has 3 aromatic carbocycles. The van der Waals surface area contributed by atoms with Crippen molar-refractivity contribution in [1.29, 1.82) is 0 Å². The summed E-state index contributed by atoms with van der Waals surface area (Å²) in [5.41, 5.74) is 5.24. The standard InChI is InChI=1S/C29H29N3O2/c1-22-8-5-11-25(20-22)30-29(33)32-19-7-18-31-17-6-12-27(31)28(32)24-13-15-26(16-14-24)34-21-23-9-3-2-4-10-23/h2-6,8-17,20,28H,7,18-19,21H2,1H3,(H,30,33). The van der Waals surface area contributed by atoms with Crippen molar-refractivity contribution in [3.63, 3.8) is 0 Å². The number of urea groups is 1. The minimum atomic E-state index is -0.175. The first kappa shape index (κ1) is 21.8.